The maximum Gasteiger partial charge on any atom is 0.216 e. The molecule has 0 aliphatic carbocycles. The van der Waals surface area contributed by atoms with Crippen molar-refractivity contribution in [1.29, 1.82) is 0 Å². The topological polar surface area (TPSA) is 61.4 Å². The van der Waals surface area contributed by atoms with Crippen LogP contribution in [0.25, 0.3) is 0 Å². The normalized spacial score (nSPS) is 20.8. The van der Waals surface area contributed by atoms with Crippen LogP contribution in [-0.2, 0) is 10.4 Å². The molecule has 0 saturated carbocycles. The summed E-state index contributed by atoms with van der Waals surface area (Å²) in [5.74, 6) is -2.28. The van der Waals surface area contributed by atoms with Gasteiger partial charge in [-0.3, -0.25) is 4.79 Å². The molecule has 1 amide bonds. The van der Waals surface area contributed by atoms with Crippen LogP contribution in [0.1, 0.15) is 38.2 Å². The van der Waals surface area contributed by atoms with Gasteiger partial charge in [0.05, 0.1) is 5.60 Å². The Kier molecular flexibility index (Phi) is 6.07. The van der Waals surface area contributed by atoms with E-state index in [4.69, 9.17) is 0 Å². The fraction of sp³-hybridized carbons (Fsp3) is 0.588. The third-order valence-electron chi connectivity index (χ3n) is 4.50. The summed E-state index contributed by atoms with van der Waals surface area (Å²) in [5.41, 5.74) is -1.44. The zero-order valence-electron chi connectivity index (χ0n) is 13.4. The van der Waals surface area contributed by atoms with Gasteiger partial charge < -0.3 is 15.7 Å². The quantitative estimate of drug-likeness (QED) is 0.701. The van der Waals surface area contributed by atoms with E-state index in [0.717, 1.165) is 25.5 Å². The monoisotopic (exact) mass is 326 g/mol. The number of piperidine rings is 1. The van der Waals surface area contributed by atoms with Crippen molar-refractivity contribution >= 4 is 5.91 Å². The third kappa shape index (κ3) is 4.26. The highest BCUT2D eigenvalue weighted by molar-refractivity contribution is 5.72. The first-order valence-electron chi connectivity index (χ1n) is 8.07. The number of amides is 1. The molecule has 2 atom stereocenters. The lowest BCUT2D eigenvalue weighted by atomic mass is 9.74. The Morgan fingerprint density at radius 1 is 1.48 bits per heavy atom. The minimum atomic E-state index is -1.45. The molecule has 2 rings (SSSR count). The van der Waals surface area contributed by atoms with Crippen LogP contribution < -0.4 is 10.6 Å². The Hall–Kier alpha value is -1.53. The summed E-state index contributed by atoms with van der Waals surface area (Å²) in [6.07, 6.45) is 2.39. The molecule has 23 heavy (non-hydrogen) atoms. The molecule has 1 aromatic carbocycles. The highest BCUT2D eigenvalue weighted by atomic mass is 19.2. The summed E-state index contributed by atoms with van der Waals surface area (Å²) >= 11 is 0. The highest BCUT2D eigenvalue weighted by Gasteiger charge is 2.40. The second-order valence-electron chi connectivity index (χ2n) is 6.16. The van der Waals surface area contributed by atoms with E-state index in [9.17, 15) is 18.7 Å². The summed E-state index contributed by atoms with van der Waals surface area (Å²) in [4.78, 5) is 10.9. The fourth-order valence-corrected chi connectivity index (χ4v) is 3.28. The van der Waals surface area contributed by atoms with E-state index in [2.05, 4.69) is 10.6 Å². The number of aliphatic hydroxyl groups is 1. The van der Waals surface area contributed by atoms with Crippen LogP contribution in [0, 0.1) is 17.6 Å². The second-order valence-corrected chi connectivity index (χ2v) is 6.16. The van der Waals surface area contributed by atoms with Gasteiger partial charge in [0.2, 0.25) is 5.91 Å². The molecule has 128 valence electrons. The predicted octanol–water partition coefficient (Wildman–Crippen LogP) is 2.07. The van der Waals surface area contributed by atoms with E-state index in [1.165, 1.54) is 19.1 Å². The standard InChI is InChI=1S/C17H24F2N2O2/c1-12(22)21-10-4-8-17(23,13-5-3-9-20-11-13)14-6-2-7-15(18)16(14)19/h2,6-7,13,20,23H,3-5,8-11H2,1H3,(H,21,22)/t13-,17?/m1/s1. The van der Waals surface area contributed by atoms with Crippen LogP contribution in [0.5, 0.6) is 0 Å². The van der Waals surface area contributed by atoms with Crippen molar-refractivity contribution in [3.63, 3.8) is 0 Å². The molecule has 0 bridgehead atoms. The maximum absolute atomic E-state index is 14.3. The number of nitrogens with one attached hydrogen (secondary N) is 2. The van der Waals surface area contributed by atoms with E-state index in [-0.39, 0.29) is 23.8 Å². The van der Waals surface area contributed by atoms with Crippen LogP contribution in [0.4, 0.5) is 8.78 Å². The molecule has 6 heteroatoms. The van der Waals surface area contributed by atoms with Crippen LogP contribution >= 0.6 is 0 Å². The number of carbonyl (C=O) groups is 1. The van der Waals surface area contributed by atoms with E-state index >= 15 is 0 Å². The SMILES string of the molecule is CC(=O)NCCCC(O)(c1cccc(F)c1F)[C@@H]1CCCNC1. The molecule has 1 aromatic rings. The van der Waals surface area contributed by atoms with Crippen molar-refractivity contribution in [2.45, 2.75) is 38.2 Å². The molecule has 3 N–H and O–H groups in total. The second kappa shape index (κ2) is 7.84. The van der Waals surface area contributed by atoms with Crippen molar-refractivity contribution in [3.8, 4) is 0 Å². The van der Waals surface area contributed by atoms with Gasteiger partial charge in [0.25, 0.3) is 0 Å². The molecular formula is C17H24F2N2O2. The summed E-state index contributed by atoms with van der Waals surface area (Å²) < 4.78 is 27.9. The van der Waals surface area contributed by atoms with E-state index in [1.807, 2.05) is 0 Å². The van der Waals surface area contributed by atoms with Gasteiger partial charge in [-0.25, -0.2) is 8.78 Å². The van der Waals surface area contributed by atoms with Crippen molar-refractivity contribution in [2.75, 3.05) is 19.6 Å². The lowest BCUT2D eigenvalue weighted by Crippen LogP contribution is -2.45. The van der Waals surface area contributed by atoms with Crippen molar-refractivity contribution in [1.82, 2.24) is 10.6 Å². The van der Waals surface area contributed by atoms with E-state index in [1.54, 1.807) is 0 Å². The van der Waals surface area contributed by atoms with Crippen LogP contribution in [0.3, 0.4) is 0 Å². The molecule has 1 unspecified atom stereocenters. The largest absolute Gasteiger partial charge is 0.385 e. The van der Waals surface area contributed by atoms with E-state index < -0.39 is 17.2 Å². The lowest BCUT2D eigenvalue weighted by molar-refractivity contribution is -0.119. The molecule has 1 heterocycles. The Bertz CT molecular complexity index is 547. The van der Waals surface area contributed by atoms with Crippen molar-refractivity contribution in [3.05, 3.63) is 35.4 Å². The number of carbonyl (C=O) groups excluding carboxylic acids is 1. The van der Waals surface area contributed by atoms with Gasteiger partial charge in [-0.1, -0.05) is 12.1 Å². The number of benzene rings is 1. The first-order valence-corrected chi connectivity index (χ1v) is 8.07. The maximum atomic E-state index is 14.3. The average Bonchev–Trinajstić information content (AvgIpc) is 2.54. The summed E-state index contributed by atoms with van der Waals surface area (Å²) in [6.45, 7) is 3.24. The molecule has 0 aromatic heterocycles. The van der Waals surface area contributed by atoms with Crippen LogP contribution in [0.15, 0.2) is 18.2 Å². The minimum absolute atomic E-state index is 0.00836. The van der Waals surface area contributed by atoms with Crippen LogP contribution in [-0.4, -0.2) is 30.6 Å². The summed E-state index contributed by atoms with van der Waals surface area (Å²) in [5, 5.41) is 17.1. The van der Waals surface area contributed by atoms with Gasteiger partial charge in [-0.05, 0) is 38.3 Å². The Balaban J connectivity index is 2.22. The summed E-state index contributed by atoms with van der Waals surface area (Å²) in [6, 6.07) is 3.92. The predicted molar refractivity (Wildman–Crippen MR) is 83.8 cm³/mol. The smallest absolute Gasteiger partial charge is 0.216 e. The van der Waals surface area contributed by atoms with Crippen LogP contribution in [0.2, 0.25) is 0 Å². The fourth-order valence-electron chi connectivity index (χ4n) is 3.28. The Labute approximate surface area is 135 Å². The Morgan fingerprint density at radius 2 is 2.26 bits per heavy atom. The molecule has 0 spiro atoms. The summed E-state index contributed by atoms with van der Waals surface area (Å²) in [7, 11) is 0. The average molecular weight is 326 g/mol. The highest BCUT2D eigenvalue weighted by Crippen LogP contribution is 2.39. The molecule has 1 fully saturated rings. The first-order chi connectivity index (χ1) is 10.9. The lowest BCUT2D eigenvalue weighted by Gasteiger charge is -2.39. The molecular weight excluding hydrogens is 302 g/mol. The van der Waals surface area contributed by atoms with Gasteiger partial charge in [-0.2, -0.15) is 0 Å². The molecule has 0 radical (unpaired) electrons. The number of hydrogen-bond acceptors (Lipinski definition) is 3. The molecule has 1 saturated heterocycles. The zero-order chi connectivity index (χ0) is 16.9. The first kappa shape index (κ1) is 17.8. The number of rotatable bonds is 6. The third-order valence-corrected chi connectivity index (χ3v) is 4.50. The Morgan fingerprint density at radius 3 is 2.91 bits per heavy atom. The minimum Gasteiger partial charge on any atom is -0.385 e. The van der Waals surface area contributed by atoms with Crippen molar-refractivity contribution in [2.24, 2.45) is 5.92 Å². The van der Waals surface area contributed by atoms with Gasteiger partial charge in [0.1, 0.15) is 0 Å². The van der Waals surface area contributed by atoms with Gasteiger partial charge in [-0.15, -0.1) is 0 Å². The molecule has 1 aliphatic rings. The molecule has 4 nitrogen and oxygen atoms in total. The van der Waals surface area contributed by atoms with Gasteiger partial charge in [0, 0.05) is 31.5 Å². The van der Waals surface area contributed by atoms with E-state index in [0.29, 0.717) is 19.5 Å². The zero-order valence-corrected chi connectivity index (χ0v) is 13.4. The van der Waals surface area contributed by atoms with Crippen molar-refractivity contribution < 1.29 is 18.7 Å². The number of halogens is 2. The van der Waals surface area contributed by atoms with Gasteiger partial charge in [0.15, 0.2) is 11.6 Å². The number of hydrogen-bond donors (Lipinski definition) is 3. The molecule has 1 aliphatic heterocycles. The van der Waals surface area contributed by atoms with Gasteiger partial charge >= 0.3 is 0 Å².